The zero-order valence-corrected chi connectivity index (χ0v) is 9.82. The lowest BCUT2D eigenvalue weighted by Crippen LogP contribution is -2.15. The Balaban J connectivity index is 3.03. The van der Waals surface area contributed by atoms with Gasteiger partial charge in [-0.05, 0) is 26.3 Å². The smallest absolute Gasteiger partial charge is 0.313 e. The van der Waals surface area contributed by atoms with Gasteiger partial charge in [-0.3, -0.25) is 9.59 Å². The molecular formula is C13H16O3. The normalized spacial score (nSPS) is 11.9. The maximum atomic E-state index is 11.6. The molecule has 0 saturated heterocycles. The molecule has 0 bridgehead atoms. The molecule has 0 amide bonds. The molecule has 0 fully saturated rings. The van der Waals surface area contributed by atoms with Crippen LogP contribution in [-0.2, 0) is 9.53 Å². The number of hydrogen-bond donors (Lipinski definition) is 0. The summed E-state index contributed by atoms with van der Waals surface area (Å²) in [6.07, 6.45) is 0. The first-order valence-electron chi connectivity index (χ1n) is 5.34. The van der Waals surface area contributed by atoms with Crippen molar-refractivity contribution in [1.82, 2.24) is 0 Å². The molecule has 0 heterocycles. The van der Waals surface area contributed by atoms with Crippen molar-refractivity contribution < 1.29 is 14.3 Å². The van der Waals surface area contributed by atoms with Crippen LogP contribution in [0.4, 0.5) is 0 Å². The molecule has 0 spiro atoms. The van der Waals surface area contributed by atoms with E-state index in [2.05, 4.69) is 0 Å². The Bertz CT molecular complexity index is 396. The van der Waals surface area contributed by atoms with Crippen molar-refractivity contribution in [3.8, 4) is 0 Å². The highest BCUT2D eigenvalue weighted by atomic mass is 16.5. The van der Waals surface area contributed by atoms with Crippen LogP contribution in [0, 0.1) is 0 Å². The van der Waals surface area contributed by atoms with Crippen molar-refractivity contribution in [1.29, 1.82) is 0 Å². The first-order valence-corrected chi connectivity index (χ1v) is 5.34. The molecule has 3 nitrogen and oxygen atoms in total. The summed E-state index contributed by atoms with van der Waals surface area (Å²) in [5, 5.41) is 0. The predicted molar refractivity (Wildman–Crippen MR) is 61.5 cm³/mol. The van der Waals surface area contributed by atoms with Gasteiger partial charge in [0.15, 0.2) is 5.78 Å². The zero-order chi connectivity index (χ0) is 12.1. The average molecular weight is 220 g/mol. The minimum Gasteiger partial charge on any atom is -0.466 e. The average Bonchev–Trinajstić information content (AvgIpc) is 2.28. The second kappa shape index (κ2) is 5.45. The summed E-state index contributed by atoms with van der Waals surface area (Å²) in [4.78, 5) is 23.0. The molecule has 1 aromatic rings. The minimum atomic E-state index is -0.403. The molecule has 86 valence electrons. The molecular weight excluding hydrogens is 204 g/mol. The molecule has 1 unspecified atom stereocenters. The predicted octanol–water partition coefficient (Wildman–Crippen LogP) is 2.56. The van der Waals surface area contributed by atoms with Crippen LogP contribution in [0.2, 0.25) is 0 Å². The second-order valence-corrected chi connectivity index (χ2v) is 3.62. The van der Waals surface area contributed by atoms with E-state index in [1.165, 1.54) is 6.92 Å². The van der Waals surface area contributed by atoms with Crippen LogP contribution in [0.1, 0.15) is 42.6 Å². The number of carbonyl (C=O) groups is 2. The summed E-state index contributed by atoms with van der Waals surface area (Å²) in [6, 6.07) is 7.13. The maximum Gasteiger partial charge on any atom is 0.313 e. The molecule has 0 aliphatic rings. The number of ketones is 1. The Morgan fingerprint density at radius 3 is 2.50 bits per heavy atom. The molecule has 0 radical (unpaired) electrons. The number of Topliss-reactive ketones (excluding diaryl/α,β-unsaturated/α-hetero) is 1. The molecule has 0 aliphatic carbocycles. The molecule has 0 saturated carbocycles. The standard InChI is InChI=1S/C13H16O3/c1-4-16-13(15)9(2)11-7-5-6-8-12(11)10(3)14/h5-9H,4H2,1-3H3. The third-order valence-corrected chi connectivity index (χ3v) is 2.45. The first-order chi connectivity index (χ1) is 7.57. The largest absolute Gasteiger partial charge is 0.466 e. The highest BCUT2D eigenvalue weighted by Crippen LogP contribution is 2.21. The summed E-state index contributed by atoms with van der Waals surface area (Å²) in [7, 11) is 0. The lowest BCUT2D eigenvalue weighted by molar-refractivity contribution is -0.144. The highest BCUT2D eigenvalue weighted by Gasteiger charge is 2.20. The minimum absolute atomic E-state index is 0.0354. The molecule has 1 atom stereocenters. The summed E-state index contributed by atoms with van der Waals surface area (Å²) >= 11 is 0. The molecule has 0 aromatic heterocycles. The Hall–Kier alpha value is -1.64. The van der Waals surface area contributed by atoms with Crippen molar-refractivity contribution in [3.05, 3.63) is 35.4 Å². The molecule has 0 aliphatic heterocycles. The van der Waals surface area contributed by atoms with Gasteiger partial charge in [-0.2, -0.15) is 0 Å². The van der Waals surface area contributed by atoms with Crippen molar-refractivity contribution in [2.75, 3.05) is 6.61 Å². The number of rotatable bonds is 4. The van der Waals surface area contributed by atoms with Crippen LogP contribution in [0.15, 0.2) is 24.3 Å². The van der Waals surface area contributed by atoms with E-state index in [1.54, 1.807) is 32.0 Å². The summed E-state index contributed by atoms with van der Waals surface area (Å²) in [6.45, 7) is 5.36. The lowest BCUT2D eigenvalue weighted by Gasteiger charge is -2.13. The number of benzene rings is 1. The fraction of sp³-hybridized carbons (Fsp3) is 0.385. The van der Waals surface area contributed by atoms with E-state index >= 15 is 0 Å². The summed E-state index contributed by atoms with van der Waals surface area (Å²) in [5.41, 5.74) is 1.32. The van der Waals surface area contributed by atoms with E-state index in [4.69, 9.17) is 4.74 Å². The second-order valence-electron chi connectivity index (χ2n) is 3.62. The Labute approximate surface area is 95.4 Å². The topological polar surface area (TPSA) is 43.4 Å². The Kier molecular flexibility index (Phi) is 4.23. The van der Waals surface area contributed by atoms with Crippen molar-refractivity contribution in [2.24, 2.45) is 0 Å². The first kappa shape index (κ1) is 12.4. The Morgan fingerprint density at radius 2 is 1.94 bits per heavy atom. The van der Waals surface area contributed by atoms with Gasteiger partial charge in [0.2, 0.25) is 0 Å². The molecule has 16 heavy (non-hydrogen) atoms. The van der Waals surface area contributed by atoms with E-state index in [1.807, 2.05) is 6.07 Å². The summed E-state index contributed by atoms with van der Waals surface area (Å²) in [5.74, 6) is -0.733. The van der Waals surface area contributed by atoms with E-state index < -0.39 is 5.92 Å². The number of carbonyl (C=O) groups excluding carboxylic acids is 2. The summed E-state index contributed by atoms with van der Waals surface area (Å²) < 4.78 is 4.94. The fourth-order valence-corrected chi connectivity index (χ4v) is 1.59. The number of ether oxygens (including phenoxy) is 1. The SMILES string of the molecule is CCOC(=O)C(C)c1ccccc1C(C)=O. The monoisotopic (exact) mass is 220 g/mol. The van der Waals surface area contributed by atoms with Crippen molar-refractivity contribution in [3.63, 3.8) is 0 Å². The quantitative estimate of drug-likeness (QED) is 0.578. The number of esters is 1. The van der Waals surface area contributed by atoms with Gasteiger partial charge in [-0.15, -0.1) is 0 Å². The lowest BCUT2D eigenvalue weighted by atomic mass is 9.94. The van der Waals surface area contributed by atoms with Crippen LogP contribution in [0.5, 0.6) is 0 Å². The van der Waals surface area contributed by atoms with Gasteiger partial charge >= 0.3 is 5.97 Å². The van der Waals surface area contributed by atoms with Gasteiger partial charge in [0, 0.05) is 5.56 Å². The third-order valence-electron chi connectivity index (χ3n) is 2.45. The van der Waals surface area contributed by atoms with Gasteiger partial charge in [0.05, 0.1) is 12.5 Å². The van der Waals surface area contributed by atoms with Crippen molar-refractivity contribution >= 4 is 11.8 Å². The van der Waals surface area contributed by atoms with E-state index in [0.717, 1.165) is 5.56 Å². The van der Waals surface area contributed by atoms with Gasteiger partial charge in [-0.1, -0.05) is 24.3 Å². The van der Waals surface area contributed by atoms with E-state index in [0.29, 0.717) is 12.2 Å². The van der Waals surface area contributed by atoms with Gasteiger partial charge in [0.25, 0.3) is 0 Å². The Morgan fingerprint density at radius 1 is 1.31 bits per heavy atom. The molecule has 1 aromatic carbocycles. The molecule has 0 N–H and O–H groups in total. The maximum absolute atomic E-state index is 11.6. The van der Waals surface area contributed by atoms with E-state index in [-0.39, 0.29) is 11.8 Å². The van der Waals surface area contributed by atoms with Crippen LogP contribution >= 0.6 is 0 Å². The third kappa shape index (κ3) is 2.69. The zero-order valence-electron chi connectivity index (χ0n) is 9.82. The van der Waals surface area contributed by atoms with Gasteiger partial charge in [-0.25, -0.2) is 0 Å². The fourth-order valence-electron chi connectivity index (χ4n) is 1.59. The van der Waals surface area contributed by atoms with Gasteiger partial charge in [0.1, 0.15) is 0 Å². The highest BCUT2D eigenvalue weighted by molar-refractivity contribution is 5.97. The van der Waals surface area contributed by atoms with Crippen LogP contribution < -0.4 is 0 Å². The van der Waals surface area contributed by atoms with Crippen molar-refractivity contribution in [2.45, 2.75) is 26.7 Å². The number of hydrogen-bond acceptors (Lipinski definition) is 3. The van der Waals surface area contributed by atoms with Gasteiger partial charge < -0.3 is 4.74 Å². The van der Waals surface area contributed by atoms with Crippen LogP contribution in [0.3, 0.4) is 0 Å². The molecule has 1 rings (SSSR count). The van der Waals surface area contributed by atoms with Crippen LogP contribution in [-0.4, -0.2) is 18.4 Å². The molecule has 3 heteroatoms. The van der Waals surface area contributed by atoms with Crippen LogP contribution in [0.25, 0.3) is 0 Å². The van der Waals surface area contributed by atoms with E-state index in [9.17, 15) is 9.59 Å².